The number of amides is 2. The average Bonchev–Trinajstić information content (AvgIpc) is 3.17. The van der Waals surface area contributed by atoms with E-state index in [1.807, 2.05) is 30.4 Å². The van der Waals surface area contributed by atoms with Crippen LogP contribution in [0.2, 0.25) is 0 Å². The van der Waals surface area contributed by atoms with Gasteiger partial charge in [-0.1, -0.05) is 6.07 Å². The van der Waals surface area contributed by atoms with Crippen molar-refractivity contribution >= 4 is 17.4 Å². The summed E-state index contributed by atoms with van der Waals surface area (Å²) in [6, 6.07) is 4.41. The molecule has 0 aromatic carbocycles. The third kappa shape index (κ3) is 5.26. The van der Waals surface area contributed by atoms with E-state index in [2.05, 4.69) is 23.2 Å². The van der Waals surface area contributed by atoms with E-state index in [9.17, 15) is 4.79 Å². The van der Waals surface area contributed by atoms with Crippen molar-refractivity contribution in [2.24, 2.45) is 0 Å². The fraction of sp³-hybridized carbons (Fsp3) is 0.688. The molecule has 6 heteroatoms. The highest BCUT2D eigenvalue weighted by Gasteiger charge is 2.23. The van der Waals surface area contributed by atoms with Gasteiger partial charge in [0, 0.05) is 30.6 Å². The lowest BCUT2D eigenvalue weighted by molar-refractivity contribution is 0.0794. The third-order valence-corrected chi connectivity index (χ3v) is 4.95. The molecule has 1 aliphatic rings. The second kappa shape index (κ2) is 8.50. The molecule has 1 aromatic rings. The number of nitrogens with zero attached hydrogens (tertiary/aromatic N) is 2. The number of likely N-dealkylation sites (N-methyl/N-ethyl adjacent to an activating group) is 1. The van der Waals surface area contributed by atoms with Crippen LogP contribution in [0.25, 0.3) is 0 Å². The van der Waals surface area contributed by atoms with E-state index in [1.54, 1.807) is 11.3 Å². The van der Waals surface area contributed by atoms with E-state index in [-0.39, 0.29) is 12.1 Å². The molecule has 22 heavy (non-hydrogen) atoms. The molecule has 0 spiro atoms. The van der Waals surface area contributed by atoms with Gasteiger partial charge in [0.15, 0.2) is 0 Å². The largest absolute Gasteiger partial charge is 0.376 e. The zero-order valence-corrected chi connectivity index (χ0v) is 14.6. The minimum atomic E-state index is -0.00222. The molecule has 2 amide bonds. The lowest BCUT2D eigenvalue weighted by atomic mass is 10.2. The van der Waals surface area contributed by atoms with E-state index >= 15 is 0 Å². The van der Waals surface area contributed by atoms with Crippen molar-refractivity contribution in [1.82, 2.24) is 15.1 Å². The van der Waals surface area contributed by atoms with E-state index in [4.69, 9.17) is 4.74 Å². The van der Waals surface area contributed by atoms with Gasteiger partial charge in [-0.3, -0.25) is 0 Å². The Hall–Kier alpha value is -1.11. The number of hydrogen-bond acceptors (Lipinski definition) is 4. The maximum Gasteiger partial charge on any atom is 0.317 e. The second-order valence-corrected chi connectivity index (χ2v) is 7.13. The number of nitrogens with one attached hydrogen (secondary N) is 1. The van der Waals surface area contributed by atoms with E-state index in [1.165, 1.54) is 4.88 Å². The van der Waals surface area contributed by atoms with Crippen LogP contribution < -0.4 is 5.32 Å². The number of carbonyl (C=O) groups excluding carboxylic acids is 1. The predicted molar refractivity (Wildman–Crippen MR) is 90.3 cm³/mol. The SMILES string of the molecule is C[C@@H](CNC(=O)N(Cc1cccs1)C[C@@H]1CCCO1)N(C)C. The molecular weight excluding hydrogens is 298 g/mol. The summed E-state index contributed by atoms with van der Waals surface area (Å²) in [6.45, 7) is 4.89. The molecule has 1 saturated heterocycles. The van der Waals surface area contributed by atoms with Gasteiger partial charge in [0.1, 0.15) is 0 Å². The minimum Gasteiger partial charge on any atom is -0.376 e. The van der Waals surface area contributed by atoms with Crippen molar-refractivity contribution in [3.05, 3.63) is 22.4 Å². The number of ether oxygens (including phenoxy) is 1. The smallest absolute Gasteiger partial charge is 0.317 e. The Bertz CT molecular complexity index is 444. The van der Waals surface area contributed by atoms with Crippen LogP contribution in [0, 0.1) is 0 Å². The Morgan fingerprint density at radius 2 is 2.36 bits per heavy atom. The summed E-state index contributed by atoms with van der Waals surface area (Å²) in [4.78, 5) is 17.7. The first-order valence-electron chi connectivity index (χ1n) is 7.89. The van der Waals surface area contributed by atoms with E-state index < -0.39 is 0 Å². The highest BCUT2D eigenvalue weighted by Crippen LogP contribution is 2.17. The van der Waals surface area contributed by atoms with Gasteiger partial charge in [-0.25, -0.2) is 4.79 Å². The van der Waals surface area contributed by atoms with Crippen molar-refractivity contribution in [2.45, 2.75) is 38.5 Å². The van der Waals surface area contributed by atoms with E-state index in [0.29, 0.717) is 25.7 Å². The first-order valence-corrected chi connectivity index (χ1v) is 8.77. The molecule has 5 nitrogen and oxygen atoms in total. The summed E-state index contributed by atoms with van der Waals surface area (Å²) in [6.07, 6.45) is 2.32. The lowest BCUT2D eigenvalue weighted by Crippen LogP contribution is -2.46. The Morgan fingerprint density at radius 1 is 1.55 bits per heavy atom. The summed E-state index contributed by atoms with van der Waals surface area (Å²) < 4.78 is 5.69. The molecule has 1 aromatic heterocycles. The van der Waals surface area contributed by atoms with Crippen LogP contribution in [0.1, 0.15) is 24.6 Å². The molecule has 1 aliphatic heterocycles. The van der Waals surface area contributed by atoms with Crippen molar-refractivity contribution < 1.29 is 9.53 Å². The Morgan fingerprint density at radius 3 is 2.95 bits per heavy atom. The highest BCUT2D eigenvalue weighted by atomic mass is 32.1. The molecule has 0 saturated carbocycles. The molecule has 0 aliphatic carbocycles. The van der Waals surface area contributed by atoms with Crippen LogP contribution in [-0.4, -0.2) is 61.8 Å². The predicted octanol–water partition coefficient (Wildman–Crippen LogP) is 2.39. The number of urea groups is 1. The molecule has 0 radical (unpaired) electrons. The van der Waals surface area contributed by atoms with Gasteiger partial charge in [-0.2, -0.15) is 0 Å². The van der Waals surface area contributed by atoms with Crippen molar-refractivity contribution in [2.75, 3.05) is 33.8 Å². The minimum absolute atomic E-state index is 0.00222. The van der Waals surface area contributed by atoms with E-state index in [0.717, 1.165) is 19.4 Å². The standard InChI is InChI=1S/C16H27N3O2S/c1-13(18(2)3)10-17-16(20)19(11-14-6-4-8-21-14)12-15-7-5-9-22-15/h5,7,9,13-14H,4,6,8,10-12H2,1-3H3,(H,17,20)/t13-,14-/m0/s1. The van der Waals surface area contributed by atoms with Crippen LogP contribution in [-0.2, 0) is 11.3 Å². The molecule has 0 bridgehead atoms. The number of rotatable bonds is 7. The summed E-state index contributed by atoms with van der Waals surface area (Å²) in [5.41, 5.74) is 0. The first kappa shape index (κ1) is 17.2. The Labute approximate surface area is 137 Å². The topological polar surface area (TPSA) is 44.8 Å². The van der Waals surface area contributed by atoms with Crippen LogP contribution in [0.4, 0.5) is 4.79 Å². The zero-order valence-electron chi connectivity index (χ0n) is 13.7. The van der Waals surface area contributed by atoms with Gasteiger partial charge < -0.3 is 19.9 Å². The van der Waals surface area contributed by atoms with Crippen LogP contribution in [0.15, 0.2) is 17.5 Å². The van der Waals surface area contributed by atoms with Crippen molar-refractivity contribution in [3.8, 4) is 0 Å². The normalized spacial score (nSPS) is 19.4. The Balaban J connectivity index is 1.91. The molecule has 2 atom stereocenters. The zero-order chi connectivity index (χ0) is 15.9. The summed E-state index contributed by atoms with van der Waals surface area (Å²) in [5.74, 6) is 0. The fourth-order valence-electron chi connectivity index (χ4n) is 2.37. The van der Waals surface area contributed by atoms with Gasteiger partial charge in [0.2, 0.25) is 0 Å². The van der Waals surface area contributed by atoms with Gasteiger partial charge in [-0.05, 0) is 45.3 Å². The maximum atomic E-state index is 12.5. The third-order valence-electron chi connectivity index (χ3n) is 4.09. The molecule has 2 rings (SSSR count). The molecule has 1 fully saturated rings. The van der Waals surface area contributed by atoms with Gasteiger partial charge in [0.05, 0.1) is 12.6 Å². The monoisotopic (exact) mass is 325 g/mol. The summed E-state index contributed by atoms with van der Waals surface area (Å²) in [5, 5.41) is 5.09. The highest BCUT2D eigenvalue weighted by molar-refractivity contribution is 7.09. The molecule has 124 valence electrons. The second-order valence-electron chi connectivity index (χ2n) is 6.09. The van der Waals surface area contributed by atoms with Crippen molar-refractivity contribution in [1.29, 1.82) is 0 Å². The summed E-state index contributed by atoms with van der Waals surface area (Å²) in [7, 11) is 4.04. The quantitative estimate of drug-likeness (QED) is 0.837. The van der Waals surface area contributed by atoms with Crippen LogP contribution in [0.3, 0.4) is 0 Å². The maximum absolute atomic E-state index is 12.5. The van der Waals surface area contributed by atoms with Crippen LogP contribution in [0.5, 0.6) is 0 Å². The van der Waals surface area contributed by atoms with Crippen LogP contribution >= 0.6 is 11.3 Å². The van der Waals surface area contributed by atoms with Gasteiger partial charge in [-0.15, -0.1) is 11.3 Å². The first-order chi connectivity index (χ1) is 10.6. The fourth-order valence-corrected chi connectivity index (χ4v) is 3.09. The van der Waals surface area contributed by atoms with Crippen molar-refractivity contribution in [3.63, 3.8) is 0 Å². The number of thiophene rings is 1. The average molecular weight is 325 g/mol. The lowest BCUT2D eigenvalue weighted by Gasteiger charge is -2.27. The summed E-state index contributed by atoms with van der Waals surface area (Å²) >= 11 is 1.69. The van der Waals surface area contributed by atoms with Gasteiger partial charge >= 0.3 is 6.03 Å². The molecule has 0 unspecified atom stereocenters. The molecule has 2 heterocycles. The molecular formula is C16H27N3O2S. The number of carbonyl (C=O) groups is 1. The Kier molecular flexibility index (Phi) is 6.67. The van der Waals surface area contributed by atoms with Gasteiger partial charge in [0.25, 0.3) is 0 Å². The number of hydrogen-bond donors (Lipinski definition) is 1. The molecule has 1 N–H and O–H groups in total.